The van der Waals surface area contributed by atoms with Gasteiger partial charge < -0.3 is 18.6 Å². The summed E-state index contributed by atoms with van der Waals surface area (Å²) < 4.78 is 13.0. The molecule has 246 valence electrons. The first-order valence-corrected chi connectivity index (χ1v) is 17.4. The van der Waals surface area contributed by atoms with E-state index in [2.05, 4.69) is 168 Å². The molecule has 52 heavy (non-hydrogen) atoms. The van der Waals surface area contributed by atoms with Crippen molar-refractivity contribution in [3.63, 3.8) is 0 Å². The van der Waals surface area contributed by atoms with Crippen LogP contribution in [-0.4, -0.2) is 4.98 Å². The number of furan rings is 1. The molecule has 0 radical (unpaired) electrons. The molecule has 0 aliphatic heterocycles. The molecule has 10 rings (SSSR count). The Bertz CT molecular complexity index is 2820. The van der Waals surface area contributed by atoms with Crippen LogP contribution in [0.5, 0.6) is 0 Å². The highest BCUT2D eigenvalue weighted by molar-refractivity contribution is 6.07. The Morgan fingerprint density at radius 3 is 1.73 bits per heavy atom. The van der Waals surface area contributed by atoms with Gasteiger partial charge in [0.15, 0.2) is 5.58 Å². The summed E-state index contributed by atoms with van der Waals surface area (Å²) in [6.07, 6.45) is 0. The third-order valence-corrected chi connectivity index (χ3v) is 9.61. The second kappa shape index (κ2) is 12.3. The molecule has 0 unspecified atom stereocenters. The molecule has 0 aliphatic rings. The molecule has 0 amide bonds. The molecule has 0 atom stereocenters. The molecule has 5 heteroatoms. The van der Waals surface area contributed by atoms with E-state index in [1.54, 1.807) is 0 Å². The summed E-state index contributed by atoms with van der Waals surface area (Å²) in [5, 5.41) is 4.45. The Morgan fingerprint density at radius 1 is 0.385 bits per heavy atom. The van der Waals surface area contributed by atoms with Crippen LogP contribution in [0.3, 0.4) is 0 Å². The molecule has 2 heterocycles. The lowest BCUT2D eigenvalue weighted by molar-refractivity contribution is 0.620. The average Bonchev–Trinajstić information content (AvgIpc) is 3.81. The molecular formula is C47H31N3O2. The van der Waals surface area contributed by atoms with Crippen molar-refractivity contribution < 1.29 is 8.83 Å². The number of oxazole rings is 1. The minimum absolute atomic E-state index is 0.567. The van der Waals surface area contributed by atoms with Crippen molar-refractivity contribution >= 4 is 77.9 Å². The summed E-state index contributed by atoms with van der Waals surface area (Å²) in [6.45, 7) is 0. The highest BCUT2D eigenvalue weighted by Crippen LogP contribution is 2.46. The van der Waals surface area contributed by atoms with Gasteiger partial charge >= 0.3 is 0 Å². The van der Waals surface area contributed by atoms with Crippen molar-refractivity contribution in [2.45, 2.75) is 0 Å². The molecular weight excluding hydrogens is 639 g/mol. The zero-order valence-electron chi connectivity index (χ0n) is 28.1. The fourth-order valence-electron chi connectivity index (χ4n) is 7.20. The molecule has 0 N–H and O–H groups in total. The largest absolute Gasteiger partial charge is 0.456 e. The van der Waals surface area contributed by atoms with E-state index in [1.165, 1.54) is 5.39 Å². The average molecular weight is 670 g/mol. The maximum absolute atomic E-state index is 6.82. The van der Waals surface area contributed by atoms with Crippen LogP contribution >= 0.6 is 0 Å². The molecule has 8 aromatic carbocycles. The lowest BCUT2D eigenvalue weighted by atomic mass is 10.1. The molecule has 10 aromatic rings. The summed E-state index contributed by atoms with van der Waals surface area (Å²) in [6, 6.07) is 64.9. The van der Waals surface area contributed by atoms with E-state index in [1.807, 2.05) is 30.3 Å². The normalized spacial score (nSPS) is 11.5. The Morgan fingerprint density at radius 2 is 1.00 bits per heavy atom. The van der Waals surface area contributed by atoms with Gasteiger partial charge in [-0.15, -0.1) is 0 Å². The third-order valence-electron chi connectivity index (χ3n) is 9.61. The van der Waals surface area contributed by atoms with Crippen LogP contribution in [0.25, 0.3) is 55.3 Å². The standard InChI is InChI=1S/C47H31N3O2/c1-4-16-35(17-5-1)49(38-26-27-45-41(29-38)40-22-12-13-23-44(40)51-45)39-30-42-46(52-47(48-42)34-25-24-32-14-10-11-15-33(32)28-34)43(31-39)50(36-18-6-2-7-19-36)37-20-8-3-9-21-37/h1-31H. The smallest absolute Gasteiger partial charge is 0.227 e. The molecule has 0 aliphatic carbocycles. The maximum atomic E-state index is 6.82. The van der Waals surface area contributed by atoms with Gasteiger partial charge in [-0.25, -0.2) is 4.98 Å². The highest BCUT2D eigenvalue weighted by Gasteiger charge is 2.24. The minimum atomic E-state index is 0.567. The van der Waals surface area contributed by atoms with Crippen LogP contribution in [0.2, 0.25) is 0 Å². The van der Waals surface area contributed by atoms with E-state index in [0.717, 1.165) is 72.5 Å². The van der Waals surface area contributed by atoms with Gasteiger partial charge in [0.05, 0.1) is 11.4 Å². The zero-order chi connectivity index (χ0) is 34.4. The van der Waals surface area contributed by atoms with Crippen LogP contribution in [0.4, 0.5) is 34.1 Å². The number of rotatable bonds is 7. The summed E-state index contributed by atoms with van der Waals surface area (Å²) in [4.78, 5) is 9.73. The number of aromatic nitrogens is 1. The fourth-order valence-corrected chi connectivity index (χ4v) is 7.20. The van der Waals surface area contributed by atoms with E-state index >= 15 is 0 Å². The van der Waals surface area contributed by atoms with Gasteiger partial charge in [0.25, 0.3) is 0 Å². The predicted molar refractivity (Wildman–Crippen MR) is 214 cm³/mol. The van der Waals surface area contributed by atoms with E-state index < -0.39 is 0 Å². The SMILES string of the molecule is c1ccc(N(c2cc(N(c3ccccc3)c3ccccc3)c3oc(-c4ccc5ccccc5c4)nc3c2)c2ccc3oc4ccccc4c3c2)cc1. The van der Waals surface area contributed by atoms with E-state index in [-0.39, 0.29) is 0 Å². The van der Waals surface area contributed by atoms with Crippen molar-refractivity contribution in [2.24, 2.45) is 0 Å². The summed E-state index contributed by atoms with van der Waals surface area (Å²) in [7, 11) is 0. The van der Waals surface area contributed by atoms with E-state index in [9.17, 15) is 0 Å². The number of para-hydroxylation sites is 4. The topological polar surface area (TPSA) is 45.7 Å². The molecule has 2 aromatic heterocycles. The minimum Gasteiger partial charge on any atom is -0.456 e. The highest BCUT2D eigenvalue weighted by atomic mass is 16.3. The number of anilines is 6. The summed E-state index contributed by atoms with van der Waals surface area (Å²) in [5.41, 5.74) is 9.94. The Kier molecular flexibility index (Phi) is 7.07. The lowest BCUT2D eigenvalue weighted by Gasteiger charge is -2.29. The van der Waals surface area contributed by atoms with Gasteiger partial charge in [0.1, 0.15) is 16.7 Å². The first-order valence-electron chi connectivity index (χ1n) is 17.4. The third kappa shape index (κ3) is 5.15. The summed E-state index contributed by atoms with van der Waals surface area (Å²) in [5.74, 6) is 0.567. The van der Waals surface area contributed by atoms with Gasteiger partial charge in [-0.1, -0.05) is 103 Å². The lowest BCUT2D eigenvalue weighted by Crippen LogP contribution is -2.13. The van der Waals surface area contributed by atoms with Crippen molar-refractivity contribution in [2.75, 3.05) is 9.80 Å². The number of hydrogen-bond acceptors (Lipinski definition) is 5. The number of hydrogen-bond donors (Lipinski definition) is 0. The van der Waals surface area contributed by atoms with Crippen molar-refractivity contribution in [1.29, 1.82) is 0 Å². The van der Waals surface area contributed by atoms with E-state index in [0.29, 0.717) is 11.5 Å². The second-order valence-corrected chi connectivity index (χ2v) is 12.9. The quantitative estimate of drug-likeness (QED) is 0.169. The van der Waals surface area contributed by atoms with Crippen LogP contribution in [-0.2, 0) is 0 Å². The molecule has 0 saturated carbocycles. The molecule has 5 nitrogen and oxygen atoms in total. The Labute approximate surface area is 300 Å². The zero-order valence-corrected chi connectivity index (χ0v) is 28.1. The van der Waals surface area contributed by atoms with Gasteiger partial charge in [-0.05, 0) is 95.7 Å². The number of fused-ring (bicyclic) bond motifs is 5. The first kappa shape index (κ1) is 29.8. The van der Waals surface area contributed by atoms with Crippen molar-refractivity contribution in [1.82, 2.24) is 4.98 Å². The molecule has 0 saturated heterocycles. The van der Waals surface area contributed by atoms with Crippen LogP contribution in [0.1, 0.15) is 0 Å². The predicted octanol–water partition coefficient (Wildman–Crippen LogP) is 13.5. The van der Waals surface area contributed by atoms with Gasteiger partial charge in [-0.3, -0.25) is 0 Å². The Hall–Kier alpha value is -7.11. The van der Waals surface area contributed by atoms with E-state index in [4.69, 9.17) is 13.8 Å². The molecule has 0 spiro atoms. The molecule has 0 bridgehead atoms. The fraction of sp³-hybridized carbons (Fsp3) is 0. The van der Waals surface area contributed by atoms with Crippen molar-refractivity contribution in [3.05, 3.63) is 188 Å². The van der Waals surface area contributed by atoms with Crippen molar-refractivity contribution in [3.8, 4) is 11.5 Å². The van der Waals surface area contributed by atoms with Crippen LogP contribution in [0, 0.1) is 0 Å². The maximum Gasteiger partial charge on any atom is 0.227 e. The molecule has 0 fully saturated rings. The number of benzene rings is 8. The second-order valence-electron chi connectivity index (χ2n) is 12.9. The summed E-state index contributed by atoms with van der Waals surface area (Å²) >= 11 is 0. The van der Waals surface area contributed by atoms with Crippen LogP contribution < -0.4 is 9.80 Å². The van der Waals surface area contributed by atoms with Crippen LogP contribution in [0.15, 0.2) is 197 Å². The Balaban J connectivity index is 1.24. The van der Waals surface area contributed by atoms with Gasteiger partial charge in [0, 0.05) is 39.1 Å². The number of nitrogens with zero attached hydrogens (tertiary/aromatic N) is 3. The van der Waals surface area contributed by atoms with Gasteiger partial charge in [-0.2, -0.15) is 0 Å². The first-order chi connectivity index (χ1) is 25.8. The monoisotopic (exact) mass is 669 g/mol. The van der Waals surface area contributed by atoms with Gasteiger partial charge in [0.2, 0.25) is 5.89 Å².